The number of carbonyl (C=O) groups is 1. The van der Waals surface area contributed by atoms with Crippen LogP contribution in [0.4, 0.5) is 5.13 Å². The Morgan fingerprint density at radius 1 is 1.27 bits per heavy atom. The zero-order valence-electron chi connectivity index (χ0n) is 13.7. The number of hydrogen-bond donors (Lipinski definition) is 0. The molecular formula is C15H23N5OS. The van der Waals surface area contributed by atoms with Gasteiger partial charge in [-0.25, -0.2) is 9.67 Å². The fourth-order valence-corrected chi connectivity index (χ4v) is 3.92. The molecule has 1 aliphatic rings. The van der Waals surface area contributed by atoms with E-state index in [9.17, 15) is 4.79 Å². The molecule has 1 fully saturated rings. The van der Waals surface area contributed by atoms with Crippen LogP contribution in [-0.4, -0.2) is 51.8 Å². The molecule has 6 nitrogen and oxygen atoms in total. The average molecular weight is 321 g/mol. The Balaban J connectivity index is 1.67. The van der Waals surface area contributed by atoms with E-state index in [0.717, 1.165) is 47.4 Å². The van der Waals surface area contributed by atoms with Gasteiger partial charge < -0.3 is 9.80 Å². The molecule has 0 spiro atoms. The zero-order valence-corrected chi connectivity index (χ0v) is 14.5. The minimum Gasteiger partial charge on any atom is -0.344 e. The number of carbonyl (C=O) groups excluding carboxylic acids is 1. The second kappa shape index (κ2) is 5.87. The van der Waals surface area contributed by atoms with Gasteiger partial charge in [-0.3, -0.25) is 4.79 Å². The van der Waals surface area contributed by atoms with Crippen molar-refractivity contribution < 1.29 is 4.79 Å². The van der Waals surface area contributed by atoms with Crippen LogP contribution in [0.15, 0.2) is 0 Å². The van der Waals surface area contributed by atoms with Crippen molar-refractivity contribution >= 4 is 32.7 Å². The van der Waals surface area contributed by atoms with Gasteiger partial charge >= 0.3 is 0 Å². The molecule has 1 aliphatic heterocycles. The molecule has 3 heterocycles. The molecular weight excluding hydrogens is 298 g/mol. The van der Waals surface area contributed by atoms with E-state index in [2.05, 4.69) is 23.8 Å². The summed E-state index contributed by atoms with van der Waals surface area (Å²) in [7, 11) is 1.93. The maximum absolute atomic E-state index is 12.1. The van der Waals surface area contributed by atoms with Gasteiger partial charge in [0, 0.05) is 39.6 Å². The highest BCUT2D eigenvalue weighted by atomic mass is 32.1. The van der Waals surface area contributed by atoms with Crippen LogP contribution >= 0.6 is 11.3 Å². The SMILES string of the molecule is Cc1nn(C)c2nc(N3CCN(C(=O)CC(C)C)CC3)sc12. The van der Waals surface area contributed by atoms with Crippen LogP contribution < -0.4 is 4.90 Å². The molecule has 22 heavy (non-hydrogen) atoms. The Morgan fingerprint density at radius 3 is 2.55 bits per heavy atom. The monoisotopic (exact) mass is 321 g/mol. The number of anilines is 1. The second-order valence-corrected chi connectivity index (χ2v) is 7.30. The van der Waals surface area contributed by atoms with Crippen molar-refractivity contribution in [2.24, 2.45) is 13.0 Å². The quantitative estimate of drug-likeness (QED) is 0.868. The van der Waals surface area contributed by atoms with Gasteiger partial charge in [-0.2, -0.15) is 5.10 Å². The number of aryl methyl sites for hydroxylation is 2. The van der Waals surface area contributed by atoms with E-state index >= 15 is 0 Å². The average Bonchev–Trinajstić information content (AvgIpc) is 3.01. The molecule has 0 N–H and O–H groups in total. The van der Waals surface area contributed by atoms with Crippen molar-refractivity contribution in [1.29, 1.82) is 0 Å². The summed E-state index contributed by atoms with van der Waals surface area (Å²) in [6, 6.07) is 0. The molecule has 0 saturated carbocycles. The molecule has 0 unspecified atom stereocenters. The number of amides is 1. The molecule has 3 rings (SSSR count). The van der Waals surface area contributed by atoms with Gasteiger partial charge in [0.05, 0.1) is 10.4 Å². The molecule has 0 aromatic carbocycles. The van der Waals surface area contributed by atoms with E-state index < -0.39 is 0 Å². The van der Waals surface area contributed by atoms with Gasteiger partial charge in [-0.1, -0.05) is 25.2 Å². The first-order valence-electron chi connectivity index (χ1n) is 7.78. The molecule has 0 aliphatic carbocycles. The van der Waals surface area contributed by atoms with Crippen molar-refractivity contribution in [1.82, 2.24) is 19.7 Å². The van der Waals surface area contributed by atoms with Crippen molar-refractivity contribution in [3.8, 4) is 0 Å². The lowest BCUT2D eigenvalue weighted by molar-refractivity contribution is -0.132. The molecule has 0 atom stereocenters. The topological polar surface area (TPSA) is 54.3 Å². The maximum atomic E-state index is 12.1. The van der Waals surface area contributed by atoms with Crippen LogP contribution in [0.25, 0.3) is 10.3 Å². The van der Waals surface area contributed by atoms with Gasteiger partial charge in [0.15, 0.2) is 10.8 Å². The smallest absolute Gasteiger partial charge is 0.222 e. The first-order chi connectivity index (χ1) is 10.5. The molecule has 0 bridgehead atoms. The summed E-state index contributed by atoms with van der Waals surface area (Å²) in [5.74, 6) is 0.698. The normalized spacial score (nSPS) is 16.0. The van der Waals surface area contributed by atoms with Crippen molar-refractivity contribution in [3.63, 3.8) is 0 Å². The summed E-state index contributed by atoms with van der Waals surface area (Å²) in [6.45, 7) is 9.49. The number of nitrogens with zero attached hydrogens (tertiary/aromatic N) is 5. The predicted octanol–water partition coefficient (Wildman–Crippen LogP) is 2.03. The predicted molar refractivity (Wildman–Crippen MR) is 89.4 cm³/mol. The Labute approximate surface area is 134 Å². The minimum absolute atomic E-state index is 0.277. The Morgan fingerprint density at radius 2 is 1.95 bits per heavy atom. The largest absolute Gasteiger partial charge is 0.344 e. The molecule has 120 valence electrons. The Bertz CT molecular complexity index is 647. The van der Waals surface area contributed by atoms with E-state index in [1.807, 2.05) is 23.6 Å². The number of hydrogen-bond acceptors (Lipinski definition) is 5. The highest BCUT2D eigenvalue weighted by Crippen LogP contribution is 2.31. The first kappa shape index (κ1) is 15.3. The van der Waals surface area contributed by atoms with E-state index in [0.29, 0.717) is 12.3 Å². The van der Waals surface area contributed by atoms with Crippen LogP contribution in [0.1, 0.15) is 26.0 Å². The summed E-state index contributed by atoms with van der Waals surface area (Å²) in [6.07, 6.45) is 0.645. The third-order valence-corrected chi connectivity index (χ3v) is 5.23. The van der Waals surface area contributed by atoms with Crippen LogP contribution in [0.3, 0.4) is 0 Å². The molecule has 7 heteroatoms. The molecule has 2 aromatic rings. The van der Waals surface area contributed by atoms with E-state index in [1.54, 1.807) is 11.3 Å². The zero-order chi connectivity index (χ0) is 15.9. The Hall–Kier alpha value is -1.63. The number of fused-ring (bicyclic) bond motifs is 1. The van der Waals surface area contributed by atoms with Crippen LogP contribution in [-0.2, 0) is 11.8 Å². The Kier molecular flexibility index (Phi) is 4.08. The third kappa shape index (κ3) is 2.82. The lowest BCUT2D eigenvalue weighted by Crippen LogP contribution is -2.49. The van der Waals surface area contributed by atoms with Gasteiger partial charge in [0.2, 0.25) is 5.91 Å². The number of aromatic nitrogens is 3. The fraction of sp³-hybridized carbons (Fsp3) is 0.667. The summed E-state index contributed by atoms with van der Waals surface area (Å²) in [5.41, 5.74) is 1.99. The van der Waals surface area contributed by atoms with Gasteiger partial charge in [-0.15, -0.1) is 0 Å². The van der Waals surface area contributed by atoms with E-state index in [1.165, 1.54) is 0 Å². The standard InChI is InChI=1S/C15H23N5OS/c1-10(2)9-12(21)19-5-7-20(8-6-19)15-16-14-13(22-15)11(3)17-18(14)4/h10H,5-9H2,1-4H3. The van der Waals surface area contributed by atoms with Gasteiger partial charge in [-0.05, 0) is 12.8 Å². The lowest BCUT2D eigenvalue weighted by atomic mass is 10.1. The van der Waals surface area contributed by atoms with Crippen LogP contribution in [0.5, 0.6) is 0 Å². The summed E-state index contributed by atoms with van der Waals surface area (Å²) < 4.78 is 3.00. The highest BCUT2D eigenvalue weighted by Gasteiger charge is 2.24. The summed E-state index contributed by atoms with van der Waals surface area (Å²) in [4.78, 5) is 21.1. The molecule has 1 amide bonds. The first-order valence-corrected chi connectivity index (χ1v) is 8.60. The second-order valence-electron chi connectivity index (χ2n) is 6.32. The minimum atomic E-state index is 0.277. The van der Waals surface area contributed by atoms with Crippen molar-refractivity contribution in [3.05, 3.63) is 5.69 Å². The van der Waals surface area contributed by atoms with E-state index in [4.69, 9.17) is 4.98 Å². The van der Waals surface area contributed by atoms with Crippen LogP contribution in [0.2, 0.25) is 0 Å². The number of piperazine rings is 1. The molecule has 0 radical (unpaired) electrons. The summed E-state index contributed by atoms with van der Waals surface area (Å²) in [5, 5.41) is 5.44. The number of thiazole rings is 1. The summed E-state index contributed by atoms with van der Waals surface area (Å²) >= 11 is 1.70. The highest BCUT2D eigenvalue weighted by molar-refractivity contribution is 7.22. The van der Waals surface area contributed by atoms with Crippen LogP contribution in [0, 0.1) is 12.8 Å². The molecule has 1 saturated heterocycles. The molecule has 2 aromatic heterocycles. The third-order valence-electron chi connectivity index (χ3n) is 4.02. The van der Waals surface area contributed by atoms with Gasteiger partial charge in [0.25, 0.3) is 0 Å². The maximum Gasteiger partial charge on any atom is 0.222 e. The number of rotatable bonds is 3. The fourth-order valence-electron chi connectivity index (χ4n) is 2.83. The van der Waals surface area contributed by atoms with Gasteiger partial charge in [0.1, 0.15) is 0 Å². The lowest BCUT2D eigenvalue weighted by Gasteiger charge is -2.34. The van der Waals surface area contributed by atoms with E-state index in [-0.39, 0.29) is 5.91 Å². The van der Waals surface area contributed by atoms with Crippen molar-refractivity contribution in [2.45, 2.75) is 27.2 Å². The van der Waals surface area contributed by atoms with Crippen molar-refractivity contribution in [2.75, 3.05) is 31.1 Å².